The Morgan fingerprint density at radius 1 is 1.35 bits per heavy atom. The zero-order chi connectivity index (χ0) is 15.1. The van der Waals surface area contributed by atoms with Crippen LogP contribution < -0.4 is 5.32 Å². The van der Waals surface area contributed by atoms with Gasteiger partial charge in [-0.05, 0) is 31.4 Å². The van der Waals surface area contributed by atoms with Crippen LogP contribution in [0, 0.1) is 12.8 Å². The molecule has 20 heavy (non-hydrogen) atoms. The first-order valence-electron chi connectivity index (χ1n) is 6.63. The number of benzene rings is 1. The first-order chi connectivity index (χ1) is 9.40. The van der Waals surface area contributed by atoms with Crippen LogP contribution in [-0.2, 0) is 9.53 Å². The first-order valence-corrected chi connectivity index (χ1v) is 6.63. The number of amides is 1. The Kier molecular flexibility index (Phi) is 6.03. The summed E-state index contributed by atoms with van der Waals surface area (Å²) < 4.78 is 4.87. The number of aryl methyl sites for hydroxylation is 1. The van der Waals surface area contributed by atoms with E-state index in [0.717, 1.165) is 12.0 Å². The van der Waals surface area contributed by atoms with E-state index in [1.807, 2.05) is 0 Å². The molecular formula is C15H21NO4. The molecule has 1 aromatic carbocycles. The Hall–Kier alpha value is -2.04. The number of carbonyl (C=O) groups is 2. The van der Waals surface area contributed by atoms with Crippen molar-refractivity contribution < 1.29 is 19.4 Å². The second-order valence-electron chi connectivity index (χ2n) is 5.13. The lowest BCUT2D eigenvalue weighted by molar-refractivity contribution is -0.124. The van der Waals surface area contributed by atoms with Gasteiger partial charge in [0.2, 0.25) is 0 Å². The van der Waals surface area contributed by atoms with Crippen molar-refractivity contribution in [1.82, 2.24) is 5.32 Å². The molecule has 2 N–H and O–H groups in total. The van der Waals surface area contributed by atoms with Crippen LogP contribution in [-0.4, -0.2) is 30.1 Å². The van der Waals surface area contributed by atoms with Crippen LogP contribution in [0.1, 0.15) is 36.2 Å². The highest BCUT2D eigenvalue weighted by Crippen LogP contribution is 2.18. The number of aromatic hydroxyl groups is 1. The highest BCUT2D eigenvalue weighted by Gasteiger charge is 2.14. The van der Waals surface area contributed by atoms with Gasteiger partial charge < -0.3 is 15.2 Å². The summed E-state index contributed by atoms with van der Waals surface area (Å²) >= 11 is 0. The zero-order valence-electron chi connectivity index (χ0n) is 12.1. The molecule has 0 aromatic heterocycles. The fourth-order valence-electron chi connectivity index (χ4n) is 1.57. The second-order valence-corrected chi connectivity index (χ2v) is 5.13. The molecule has 0 fully saturated rings. The van der Waals surface area contributed by atoms with Crippen LogP contribution in [0.2, 0.25) is 0 Å². The van der Waals surface area contributed by atoms with E-state index in [1.54, 1.807) is 13.0 Å². The molecule has 1 amide bonds. The topological polar surface area (TPSA) is 75.6 Å². The van der Waals surface area contributed by atoms with E-state index >= 15 is 0 Å². The van der Waals surface area contributed by atoms with Gasteiger partial charge in [-0.3, -0.25) is 4.79 Å². The molecule has 0 aliphatic heterocycles. The molecule has 0 saturated carbocycles. The minimum absolute atomic E-state index is 0.0694. The van der Waals surface area contributed by atoms with Gasteiger partial charge in [-0.25, -0.2) is 4.79 Å². The first kappa shape index (κ1) is 16.0. The summed E-state index contributed by atoms with van der Waals surface area (Å²) in [5.41, 5.74) is 0.899. The van der Waals surface area contributed by atoms with Gasteiger partial charge in [0.25, 0.3) is 5.91 Å². The van der Waals surface area contributed by atoms with Crippen LogP contribution in [0.15, 0.2) is 18.2 Å². The second kappa shape index (κ2) is 7.53. The number of phenols is 1. The molecule has 5 heteroatoms. The lowest BCUT2D eigenvalue weighted by Crippen LogP contribution is -2.30. The molecule has 5 nitrogen and oxygen atoms in total. The minimum atomic E-state index is -0.704. The molecule has 0 aliphatic rings. The molecule has 0 saturated heterocycles. The van der Waals surface area contributed by atoms with Crippen molar-refractivity contribution in [3.8, 4) is 5.75 Å². The molecule has 0 heterocycles. The van der Waals surface area contributed by atoms with Crippen LogP contribution in [0.25, 0.3) is 0 Å². The number of esters is 1. The SMILES string of the molecule is Cc1ccc(O)c(C(=O)OCC(=O)NCCC(C)C)c1. The van der Waals surface area contributed by atoms with E-state index in [2.05, 4.69) is 19.2 Å². The summed E-state index contributed by atoms with van der Waals surface area (Å²) in [6, 6.07) is 4.63. The molecule has 0 aliphatic carbocycles. The maximum atomic E-state index is 11.7. The fourth-order valence-corrected chi connectivity index (χ4v) is 1.57. The Morgan fingerprint density at radius 2 is 2.05 bits per heavy atom. The standard InChI is InChI=1S/C15H21NO4/c1-10(2)6-7-16-14(18)9-20-15(19)12-8-11(3)4-5-13(12)17/h4-5,8,10,17H,6-7,9H2,1-3H3,(H,16,18). The van der Waals surface area contributed by atoms with Gasteiger partial charge in [0.1, 0.15) is 11.3 Å². The van der Waals surface area contributed by atoms with Crippen molar-refractivity contribution in [2.75, 3.05) is 13.2 Å². The minimum Gasteiger partial charge on any atom is -0.507 e. The Labute approximate surface area is 118 Å². The van der Waals surface area contributed by atoms with Crippen molar-refractivity contribution >= 4 is 11.9 Å². The lowest BCUT2D eigenvalue weighted by Gasteiger charge is -2.09. The number of hydrogen-bond donors (Lipinski definition) is 2. The Bertz CT molecular complexity index is 483. The van der Waals surface area contributed by atoms with Gasteiger partial charge in [-0.2, -0.15) is 0 Å². The summed E-state index contributed by atoms with van der Waals surface area (Å²) in [6.07, 6.45) is 0.873. The molecule has 1 aromatic rings. The van der Waals surface area contributed by atoms with Gasteiger partial charge >= 0.3 is 5.97 Å². The maximum absolute atomic E-state index is 11.7. The number of phenolic OH excluding ortho intramolecular Hbond substituents is 1. The van der Waals surface area contributed by atoms with E-state index in [-0.39, 0.29) is 23.8 Å². The maximum Gasteiger partial charge on any atom is 0.342 e. The molecule has 0 radical (unpaired) electrons. The molecular weight excluding hydrogens is 258 g/mol. The highest BCUT2D eigenvalue weighted by atomic mass is 16.5. The monoisotopic (exact) mass is 279 g/mol. The third kappa shape index (κ3) is 5.30. The number of nitrogens with one attached hydrogen (secondary N) is 1. The molecule has 110 valence electrons. The molecule has 0 unspecified atom stereocenters. The third-order valence-corrected chi connectivity index (χ3v) is 2.75. The van der Waals surface area contributed by atoms with Crippen molar-refractivity contribution in [3.05, 3.63) is 29.3 Å². The Morgan fingerprint density at radius 3 is 2.70 bits per heavy atom. The smallest absolute Gasteiger partial charge is 0.342 e. The number of rotatable bonds is 6. The average molecular weight is 279 g/mol. The summed E-state index contributed by atoms with van der Waals surface area (Å²) in [5, 5.41) is 12.2. The van der Waals surface area contributed by atoms with E-state index in [0.29, 0.717) is 12.5 Å². The van der Waals surface area contributed by atoms with Gasteiger partial charge in [0.15, 0.2) is 6.61 Å². The van der Waals surface area contributed by atoms with Gasteiger partial charge in [-0.15, -0.1) is 0 Å². The predicted molar refractivity (Wildman–Crippen MR) is 75.6 cm³/mol. The summed E-state index contributed by atoms with van der Waals surface area (Å²) in [5.74, 6) is -0.695. The third-order valence-electron chi connectivity index (χ3n) is 2.75. The summed E-state index contributed by atoms with van der Waals surface area (Å²) in [6.45, 7) is 6.14. The van der Waals surface area contributed by atoms with Gasteiger partial charge in [-0.1, -0.05) is 25.5 Å². The number of carbonyl (C=O) groups excluding carboxylic acids is 2. The Balaban J connectivity index is 2.43. The van der Waals surface area contributed by atoms with Gasteiger partial charge in [0.05, 0.1) is 0 Å². The van der Waals surface area contributed by atoms with Crippen molar-refractivity contribution in [2.45, 2.75) is 27.2 Å². The quantitative estimate of drug-likeness (QED) is 0.781. The lowest BCUT2D eigenvalue weighted by atomic mass is 10.1. The molecule has 0 spiro atoms. The van der Waals surface area contributed by atoms with Crippen LogP contribution in [0.3, 0.4) is 0 Å². The van der Waals surface area contributed by atoms with Crippen LogP contribution >= 0.6 is 0 Å². The highest BCUT2D eigenvalue weighted by molar-refractivity contribution is 5.94. The number of hydrogen-bond acceptors (Lipinski definition) is 4. The van der Waals surface area contributed by atoms with Crippen molar-refractivity contribution in [1.29, 1.82) is 0 Å². The van der Waals surface area contributed by atoms with Crippen molar-refractivity contribution in [3.63, 3.8) is 0 Å². The normalized spacial score (nSPS) is 10.4. The van der Waals surface area contributed by atoms with Crippen LogP contribution in [0.5, 0.6) is 5.75 Å². The summed E-state index contributed by atoms with van der Waals surface area (Å²) in [7, 11) is 0. The van der Waals surface area contributed by atoms with E-state index in [1.165, 1.54) is 12.1 Å². The number of ether oxygens (including phenoxy) is 1. The zero-order valence-corrected chi connectivity index (χ0v) is 12.1. The van der Waals surface area contributed by atoms with Gasteiger partial charge in [0, 0.05) is 6.54 Å². The molecule has 1 rings (SSSR count). The predicted octanol–water partition coefficient (Wildman–Crippen LogP) is 2.02. The van der Waals surface area contributed by atoms with E-state index in [9.17, 15) is 14.7 Å². The largest absolute Gasteiger partial charge is 0.507 e. The molecule has 0 atom stereocenters. The average Bonchev–Trinajstić information content (AvgIpc) is 2.38. The van der Waals surface area contributed by atoms with Crippen LogP contribution in [0.4, 0.5) is 0 Å². The molecule has 0 bridgehead atoms. The van der Waals surface area contributed by atoms with Crippen molar-refractivity contribution in [2.24, 2.45) is 5.92 Å². The van der Waals surface area contributed by atoms with E-state index in [4.69, 9.17) is 4.74 Å². The van der Waals surface area contributed by atoms with E-state index < -0.39 is 5.97 Å². The summed E-state index contributed by atoms with van der Waals surface area (Å²) in [4.78, 5) is 23.2. The fraction of sp³-hybridized carbons (Fsp3) is 0.467.